The van der Waals surface area contributed by atoms with Crippen LogP contribution in [0.2, 0.25) is 0 Å². The van der Waals surface area contributed by atoms with Gasteiger partial charge in [-0.1, -0.05) is 25.6 Å². The molecule has 0 radical (unpaired) electrons. The summed E-state index contributed by atoms with van der Waals surface area (Å²) >= 11 is 1.37. The lowest BCUT2D eigenvalue weighted by Crippen LogP contribution is -2.11. The molecule has 0 aliphatic heterocycles. The van der Waals surface area contributed by atoms with Crippen molar-refractivity contribution in [1.29, 1.82) is 0 Å². The summed E-state index contributed by atoms with van der Waals surface area (Å²) in [4.78, 5) is 14.7. The predicted molar refractivity (Wildman–Crippen MR) is 63.7 cm³/mol. The second-order valence-corrected chi connectivity index (χ2v) is 4.18. The highest BCUT2D eigenvalue weighted by Gasteiger charge is 2.04. The molecule has 1 N–H and O–H groups in total. The van der Waals surface area contributed by atoms with E-state index in [1.807, 2.05) is 6.26 Å². The van der Waals surface area contributed by atoms with Crippen LogP contribution in [0.3, 0.4) is 0 Å². The van der Waals surface area contributed by atoms with Gasteiger partial charge in [0.15, 0.2) is 5.16 Å². The van der Waals surface area contributed by atoms with Crippen LogP contribution in [0.25, 0.3) is 10.4 Å². The molecule has 0 bridgehead atoms. The minimum Gasteiger partial charge on any atom is -0.354 e. The minimum absolute atomic E-state index is 0.0908. The third-order valence-electron chi connectivity index (χ3n) is 1.59. The molecule has 1 rings (SSSR count). The average molecular weight is 239 g/mol. The molecule has 0 fully saturated rings. The molecular weight excluding hydrogens is 226 g/mol. The van der Waals surface area contributed by atoms with Crippen LogP contribution in [0.4, 0.5) is 11.9 Å². The smallest absolute Gasteiger partial charge is 0.227 e. The van der Waals surface area contributed by atoms with Gasteiger partial charge in [-0.05, 0) is 22.8 Å². The van der Waals surface area contributed by atoms with Crippen molar-refractivity contribution in [2.75, 3.05) is 18.1 Å². The number of azide groups is 1. The number of nitrogens with zero attached hydrogens (tertiary/aromatic N) is 6. The second-order valence-electron chi connectivity index (χ2n) is 3.41. The SMILES string of the molecule is CSc1nc(N=[N+]=[N-])nc(NCC(C)C)n1. The Hall–Kier alpha value is -1.53. The molecule has 0 amide bonds. The molecule has 0 aromatic carbocycles. The standard InChI is InChI=1S/C8H13N7S/c1-5(2)4-10-6-11-7(14-15-9)13-8(12-6)16-3/h5H,4H2,1-3H3,(H,10,11,12,13). The molecule has 0 saturated heterocycles. The predicted octanol–water partition coefficient (Wildman–Crippen LogP) is 2.60. The Morgan fingerprint density at radius 3 is 2.75 bits per heavy atom. The molecule has 7 nitrogen and oxygen atoms in total. The normalized spacial score (nSPS) is 10.0. The molecule has 16 heavy (non-hydrogen) atoms. The van der Waals surface area contributed by atoms with Gasteiger partial charge in [-0.2, -0.15) is 9.97 Å². The number of hydrogen-bond acceptors (Lipinski definition) is 6. The van der Waals surface area contributed by atoms with E-state index in [2.05, 4.69) is 44.1 Å². The summed E-state index contributed by atoms with van der Waals surface area (Å²) in [5, 5.41) is 6.96. The zero-order valence-corrected chi connectivity index (χ0v) is 10.2. The highest BCUT2D eigenvalue weighted by atomic mass is 32.2. The first kappa shape index (κ1) is 12.5. The molecule has 0 atom stereocenters. The van der Waals surface area contributed by atoms with E-state index in [4.69, 9.17) is 5.53 Å². The van der Waals surface area contributed by atoms with Crippen molar-refractivity contribution in [3.05, 3.63) is 10.4 Å². The fourth-order valence-corrected chi connectivity index (χ4v) is 1.25. The topological polar surface area (TPSA) is 99.5 Å². The van der Waals surface area contributed by atoms with E-state index >= 15 is 0 Å². The van der Waals surface area contributed by atoms with Gasteiger partial charge in [0.25, 0.3) is 0 Å². The maximum Gasteiger partial charge on any atom is 0.227 e. The lowest BCUT2D eigenvalue weighted by Gasteiger charge is -2.07. The summed E-state index contributed by atoms with van der Waals surface area (Å²) in [5.41, 5.74) is 8.32. The Labute approximate surface area is 97.7 Å². The van der Waals surface area contributed by atoms with E-state index in [9.17, 15) is 0 Å². The molecule has 0 saturated carbocycles. The first-order chi connectivity index (χ1) is 7.65. The van der Waals surface area contributed by atoms with E-state index in [0.29, 0.717) is 17.0 Å². The van der Waals surface area contributed by atoms with E-state index in [1.165, 1.54) is 11.8 Å². The number of rotatable bonds is 5. The van der Waals surface area contributed by atoms with Gasteiger partial charge in [0.05, 0.1) is 0 Å². The molecule has 86 valence electrons. The molecule has 1 aromatic rings. The van der Waals surface area contributed by atoms with Crippen molar-refractivity contribution in [3.8, 4) is 0 Å². The van der Waals surface area contributed by atoms with Crippen LogP contribution >= 0.6 is 11.8 Å². The van der Waals surface area contributed by atoms with Crippen LogP contribution in [-0.2, 0) is 0 Å². The van der Waals surface area contributed by atoms with Crippen LogP contribution in [0, 0.1) is 5.92 Å². The Morgan fingerprint density at radius 1 is 1.44 bits per heavy atom. The van der Waals surface area contributed by atoms with Crippen LogP contribution < -0.4 is 5.32 Å². The Kier molecular flexibility index (Phi) is 4.81. The third kappa shape index (κ3) is 3.92. The lowest BCUT2D eigenvalue weighted by molar-refractivity contribution is 0.682. The fourth-order valence-electron chi connectivity index (χ4n) is 0.896. The highest BCUT2D eigenvalue weighted by molar-refractivity contribution is 7.98. The molecule has 0 aliphatic carbocycles. The third-order valence-corrected chi connectivity index (χ3v) is 2.14. The monoisotopic (exact) mass is 239 g/mol. The van der Waals surface area contributed by atoms with Crippen molar-refractivity contribution in [1.82, 2.24) is 15.0 Å². The van der Waals surface area contributed by atoms with E-state index in [0.717, 1.165) is 6.54 Å². The Balaban J connectivity index is 2.90. The molecule has 0 aliphatic rings. The average Bonchev–Trinajstić information content (AvgIpc) is 2.26. The lowest BCUT2D eigenvalue weighted by atomic mass is 10.2. The van der Waals surface area contributed by atoms with E-state index < -0.39 is 0 Å². The van der Waals surface area contributed by atoms with Gasteiger partial charge in [0, 0.05) is 11.5 Å². The summed E-state index contributed by atoms with van der Waals surface area (Å²) in [7, 11) is 0. The molecule has 1 heterocycles. The molecular formula is C8H13N7S. The minimum atomic E-state index is 0.0908. The zero-order chi connectivity index (χ0) is 12.0. The van der Waals surface area contributed by atoms with E-state index in [-0.39, 0.29) is 5.95 Å². The highest BCUT2D eigenvalue weighted by Crippen LogP contribution is 2.15. The summed E-state index contributed by atoms with van der Waals surface area (Å²) in [6.07, 6.45) is 1.85. The van der Waals surface area contributed by atoms with Gasteiger partial charge in [0.1, 0.15) is 0 Å². The van der Waals surface area contributed by atoms with Crippen molar-refractivity contribution >= 4 is 23.7 Å². The Bertz CT molecular complexity index is 399. The first-order valence-corrected chi connectivity index (χ1v) is 5.97. The van der Waals surface area contributed by atoms with Crippen LogP contribution in [0.15, 0.2) is 10.3 Å². The largest absolute Gasteiger partial charge is 0.354 e. The molecule has 1 aromatic heterocycles. The summed E-state index contributed by atoms with van der Waals surface area (Å²) in [6.45, 7) is 4.92. The molecule has 8 heteroatoms. The maximum absolute atomic E-state index is 8.32. The van der Waals surface area contributed by atoms with Crippen molar-refractivity contribution in [2.45, 2.75) is 19.0 Å². The van der Waals surface area contributed by atoms with Gasteiger partial charge >= 0.3 is 0 Å². The summed E-state index contributed by atoms with van der Waals surface area (Å²) < 4.78 is 0. The van der Waals surface area contributed by atoms with Gasteiger partial charge in [0.2, 0.25) is 11.9 Å². The Morgan fingerprint density at radius 2 is 2.19 bits per heavy atom. The number of hydrogen-bond donors (Lipinski definition) is 1. The van der Waals surface area contributed by atoms with E-state index in [1.54, 1.807) is 0 Å². The van der Waals surface area contributed by atoms with Gasteiger partial charge < -0.3 is 5.32 Å². The number of thioether (sulfide) groups is 1. The number of aromatic nitrogens is 3. The second kappa shape index (κ2) is 6.14. The quantitative estimate of drug-likeness (QED) is 0.368. The summed E-state index contributed by atoms with van der Waals surface area (Å²) in [5.74, 6) is 1.01. The fraction of sp³-hybridized carbons (Fsp3) is 0.625. The number of anilines is 1. The van der Waals surface area contributed by atoms with Crippen molar-refractivity contribution in [3.63, 3.8) is 0 Å². The van der Waals surface area contributed by atoms with Crippen LogP contribution in [0.5, 0.6) is 0 Å². The first-order valence-electron chi connectivity index (χ1n) is 4.74. The molecule has 0 spiro atoms. The van der Waals surface area contributed by atoms with Gasteiger partial charge in [-0.15, -0.1) is 0 Å². The van der Waals surface area contributed by atoms with Gasteiger partial charge in [-0.25, -0.2) is 4.98 Å². The maximum atomic E-state index is 8.32. The molecule has 0 unspecified atom stereocenters. The van der Waals surface area contributed by atoms with Gasteiger partial charge in [-0.3, -0.25) is 0 Å². The summed E-state index contributed by atoms with van der Waals surface area (Å²) in [6, 6.07) is 0. The van der Waals surface area contributed by atoms with Crippen LogP contribution in [-0.4, -0.2) is 27.8 Å². The van der Waals surface area contributed by atoms with Crippen molar-refractivity contribution < 1.29 is 0 Å². The van der Waals surface area contributed by atoms with Crippen LogP contribution in [0.1, 0.15) is 13.8 Å². The zero-order valence-electron chi connectivity index (χ0n) is 9.38. The van der Waals surface area contributed by atoms with Crippen molar-refractivity contribution in [2.24, 2.45) is 11.0 Å². The number of nitrogens with one attached hydrogen (secondary N) is 1.